The lowest BCUT2D eigenvalue weighted by atomic mass is 10.2. The number of carbonyl (C=O) groups excluding carboxylic acids is 1. The molecule has 0 saturated heterocycles. The first-order valence-electron chi connectivity index (χ1n) is 10.3. The van der Waals surface area contributed by atoms with E-state index in [1.54, 1.807) is 0 Å². The third-order valence-corrected chi connectivity index (χ3v) is 5.09. The summed E-state index contributed by atoms with van der Waals surface area (Å²) in [7, 11) is 2.05. The highest BCUT2D eigenvalue weighted by atomic mass is 16.6. The zero-order valence-electron chi connectivity index (χ0n) is 17.5. The van der Waals surface area contributed by atoms with Crippen LogP contribution >= 0.6 is 0 Å². The van der Waals surface area contributed by atoms with Gasteiger partial charge in [-0.25, -0.2) is 4.79 Å². The number of carbonyl (C=O) groups is 1. The predicted octanol–water partition coefficient (Wildman–Crippen LogP) is 3.32. The third-order valence-electron chi connectivity index (χ3n) is 5.09. The van der Waals surface area contributed by atoms with Crippen molar-refractivity contribution < 1.29 is 14.1 Å². The van der Waals surface area contributed by atoms with E-state index in [0.717, 1.165) is 19.4 Å². The third kappa shape index (κ3) is 5.94. The predicted molar refractivity (Wildman–Crippen MR) is 118 cm³/mol. The highest BCUT2D eigenvalue weighted by molar-refractivity contribution is 5.76. The van der Waals surface area contributed by atoms with Gasteiger partial charge in [-0.2, -0.15) is 0 Å². The van der Waals surface area contributed by atoms with Gasteiger partial charge in [0.1, 0.15) is 0 Å². The van der Waals surface area contributed by atoms with E-state index in [4.69, 9.17) is 4.42 Å². The minimum atomic E-state index is -0.585. The minimum absolute atomic E-state index is 0.0621. The number of aromatic nitrogens is 1. The number of nitro groups is 1. The smallest absolute Gasteiger partial charge is 0.407 e. The Hall–Kier alpha value is -3.62. The van der Waals surface area contributed by atoms with Crippen LogP contribution in [0.3, 0.4) is 0 Å². The Kier molecular flexibility index (Phi) is 7.42. The van der Waals surface area contributed by atoms with Crippen molar-refractivity contribution in [3.63, 3.8) is 0 Å². The van der Waals surface area contributed by atoms with Gasteiger partial charge in [-0.1, -0.05) is 18.2 Å². The summed E-state index contributed by atoms with van der Waals surface area (Å²) in [5.41, 5.74) is 1.69. The number of para-hydroxylation sites is 1. The average Bonchev–Trinajstić information content (AvgIpc) is 3.08. The number of benzene rings is 2. The second kappa shape index (κ2) is 10.4. The van der Waals surface area contributed by atoms with Gasteiger partial charge in [-0.15, -0.1) is 0 Å². The topological polar surface area (TPSA) is 111 Å². The van der Waals surface area contributed by atoms with Gasteiger partial charge in [0.15, 0.2) is 5.58 Å². The van der Waals surface area contributed by atoms with Crippen LogP contribution in [-0.4, -0.2) is 35.5 Å². The number of anilines is 1. The molecule has 0 unspecified atom stereocenters. The van der Waals surface area contributed by atoms with E-state index in [1.165, 1.54) is 28.5 Å². The first-order chi connectivity index (χ1) is 15.0. The molecule has 0 aliphatic carbocycles. The molecule has 2 aromatic carbocycles. The van der Waals surface area contributed by atoms with Gasteiger partial charge in [0.05, 0.1) is 16.5 Å². The van der Waals surface area contributed by atoms with Crippen LogP contribution in [0, 0.1) is 10.1 Å². The number of hydrogen-bond donors (Lipinski definition) is 1. The van der Waals surface area contributed by atoms with Crippen molar-refractivity contribution in [2.24, 2.45) is 0 Å². The fourth-order valence-corrected chi connectivity index (χ4v) is 3.38. The molecule has 1 aromatic heterocycles. The molecule has 0 fully saturated rings. The molecule has 0 radical (unpaired) electrons. The standard InChI is InChI=1S/C22H26N4O5/c1-24(17-8-3-2-4-9-17)14-6-5-13-23-21(27)10-7-15-25-19-12-11-18(26(29)30)16-20(19)31-22(25)28/h2-4,8-9,11-12,16H,5-7,10,13-15H2,1H3,(H,23,27). The Balaban J connectivity index is 1.37. The summed E-state index contributed by atoms with van der Waals surface area (Å²) < 4.78 is 6.48. The molecule has 1 amide bonds. The van der Waals surface area contributed by atoms with Crippen LogP contribution in [-0.2, 0) is 11.3 Å². The summed E-state index contributed by atoms with van der Waals surface area (Å²) in [4.78, 5) is 36.6. The second-order valence-electron chi connectivity index (χ2n) is 7.35. The van der Waals surface area contributed by atoms with Crippen molar-refractivity contribution in [2.75, 3.05) is 25.0 Å². The van der Waals surface area contributed by atoms with Crippen molar-refractivity contribution in [3.8, 4) is 0 Å². The molecule has 3 aromatic rings. The summed E-state index contributed by atoms with van der Waals surface area (Å²) in [6.45, 7) is 1.83. The van der Waals surface area contributed by atoms with Crippen LogP contribution in [0.5, 0.6) is 0 Å². The summed E-state index contributed by atoms with van der Waals surface area (Å²) in [6, 6.07) is 14.2. The molecule has 1 N–H and O–H groups in total. The second-order valence-corrected chi connectivity index (χ2v) is 7.35. The molecule has 0 bridgehead atoms. The summed E-state index contributed by atoms with van der Waals surface area (Å²) >= 11 is 0. The Morgan fingerprint density at radius 2 is 1.94 bits per heavy atom. The first kappa shape index (κ1) is 22.1. The SMILES string of the molecule is CN(CCCCNC(=O)CCCn1c(=O)oc2cc([N+](=O)[O-])ccc21)c1ccccc1. The molecule has 0 saturated carbocycles. The van der Waals surface area contributed by atoms with Crippen LogP contribution < -0.4 is 16.0 Å². The first-order valence-corrected chi connectivity index (χ1v) is 10.3. The quantitative estimate of drug-likeness (QED) is 0.286. The van der Waals surface area contributed by atoms with Crippen molar-refractivity contribution in [1.29, 1.82) is 0 Å². The van der Waals surface area contributed by atoms with Gasteiger partial charge in [0, 0.05) is 44.9 Å². The van der Waals surface area contributed by atoms with Crippen molar-refractivity contribution in [3.05, 3.63) is 69.2 Å². The van der Waals surface area contributed by atoms with Gasteiger partial charge >= 0.3 is 5.76 Å². The van der Waals surface area contributed by atoms with Crippen LogP contribution in [0.2, 0.25) is 0 Å². The monoisotopic (exact) mass is 426 g/mol. The Morgan fingerprint density at radius 3 is 2.68 bits per heavy atom. The van der Waals surface area contributed by atoms with E-state index in [-0.39, 0.29) is 23.6 Å². The zero-order valence-corrected chi connectivity index (χ0v) is 17.5. The van der Waals surface area contributed by atoms with Gasteiger partial charge in [0.25, 0.3) is 5.69 Å². The number of amides is 1. The number of aryl methyl sites for hydroxylation is 1. The minimum Gasteiger partial charge on any atom is -0.407 e. The lowest BCUT2D eigenvalue weighted by Gasteiger charge is -2.19. The van der Waals surface area contributed by atoms with Gasteiger partial charge in [-0.3, -0.25) is 19.5 Å². The molecule has 9 nitrogen and oxygen atoms in total. The molecule has 0 aliphatic heterocycles. The average molecular weight is 426 g/mol. The Labute approximate surface area is 179 Å². The van der Waals surface area contributed by atoms with E-state index >= 15 is 0 Å². The number of fused-ring (bicyclic) bond motifs is 1. The van der Waals surface area contributed by atoms with Crippen LogP contribution in [0.4, 0.5) is 11.4 Å². The number of nitrogens with zero attached hydrogens (tertiary/aromatic N) is 3. The number of nitro benzene ring substituents is 1. The maximum Gasteiger partial charge on any atom is 0.419 e. The maximum absolute atomic E-state index is 12.1. The van der Waals surface area contributed by atoms with Gasteiger partial charge in [0.2, 0.25) is 5.91 Å². The van der Waals surface area contributed by atoms with E-state index in [9.17, 15) is 19.7 Å². The molecule has 9 heteroatoms. The number of nitrogens with one attached hydrogen (secondary N) is 1. The largest absolute Gasteiger partial charge is 0.419 e. The maximum atomic E-state index is 12.1. The lowest BCUT2D eigenvalue weighted by molar-refractivity contribution is -0.384. The summed E-state index contributed by atoms with van der Waals surface area (Å²) in [5, 5.41) is 13.7. The highest BCUT2D eigenvalue weighted by Gasteiger charge is 2.14. The molecule has 0 atom stereocenters. The zero-order chi connectivity index (χ0) is 22.2. The number of hydrogen-bond acceptors (Lipinski definition) is 6. The molecule has 1 heterocycles. The lowest BCUT2D eigenvalue weighted by Crippen LogP contribution is -2.26. The van der Waals surface area contributed by atoms with Crippen molar-refractivity contribution in [1.82, 2.24) is 9.88 Å². The molecule has 3 rings (SSSR count). The van der Waals surface area contributed by atoms with Crippen molar-refractivity contribution in [2.45, 2.75) is 32.2 Å². The van der Waals surface area contributed by atoms with E-state index in [1.807, 2.05) is 25.2 Å². The number of unbranched alkanes of at least 4 members (excludes halogenated alkanes) is 1. The fraction of sp³-hybridized carbons (Fsp3) is 0.364. The van der Waals surface area contributed by atoms with Crippen LogP contribution in [0.25, 0.3) is 11.1 Å². The molecule has 0 spiro atoms. The molecular formula is C22H26N4O5. The van der Waals surface area contributed by atoms with E-state index in [0.29, 0.717) is 25.0 Å². The molecule has 164 valence electrons. The molecule has 31 heavy (non-hydrogen) atoms. The highest BCUT2D eigenvalue weighted by Crippen LogP contribution is 2.20. The molecular weight excluding hydrogens is 400 g/mol. The number of non-ortho nitro benzene ring substituents is 1. The Bertz CT molecular complexity index is 1090. The molecule has 0 aliphatic rings. The number of oxazole rings is 1. The van der Waals surface area contributed by atoms with Gasteiger partial charge in [-0.05, 0) is 37.5 Å². The Morgan fingerprint density at radius 1 is 1.16 bits per heavy atom. The van der Waals surface area contributed by atoms with E-state index in [2.05, 4.69) is 22.3 Å². The van der Waals surface area contributed by atoms with Crippen LogP contribution in [0.15, 0.2) is 57.7 Å². The summed E-state index contributed by atoms with van der Waals surface area (Å²) in [5.74, 6) is -0.647. The van der Waals surface area contributed by atoms with Crippen molar-refractivity contribution >= 4 is 28.4 Å². The van der Waals surface area contributed by atoms with E-state index < -0.39 is 10.7 Å². The fourth-order valence-electron chi connectivity index (χ4n) is 3.38. The van der Waals surface area contributed by atoms with Crippen LogP contribution in [0.1, 0.15) is 25.7 Å². The summed E-state index contributed by atoms with van der Waals surface area (Å²) in [6.07, 6.45) is 2.60. The normalized spacial score (nSPS) is 10.9. The van der Waals surface area contributed by atoms with Gasteiger partial charge < -0.3 is 14.6 Å². The number of rotatable bonds is 11.